The van der Waals surface area contributed by atoms with Gasteiger partial charge in [-0.25, -0.2) is 0 Å². The molecule has 0 aliphatic carbocycles. The van der Waals surface area contributed by atoms with E-state index >= 15 is 0 Å². The molecule has 1 atom stereocenters. The third-order valence-corrected chi connectivity index (χ3v) is 7.51. The van der Waals surface area contributed by atoms with Crippen LogP contribution in [0.15, 0.2) is 115 Å². The smallest absolute Gasteiger partial charge is 0.416 e. The predicted octanol–water partition coefficient (Wildman–Crippen LogP) is 8.98. The molecule has 1 aliphatic heterocycles. The Kier molecular flexibility index (Phi) is 6.26. The molecule has 0 saturated carbocycles. The molecule has 40 heavy (non-hydrogen) atoms. The summed E-state index contributed by atoms with van der Waals surface area (Å²) in [4.78, 5) is 2.11. The minimum Gasteiger partial charge on any atom is -0.497 e. The second kappa shape index (κ2) is 9.79. The van der Waals surface area contributed by atoms with E-state index in [2.05, 4.69) is 17.1 Å². The number of alkyl halides is 3. The van der Waals surface area contributed by atoms with Crippen LogP contribution < -0.4 is 14.4 Å². The van der Waals surface area contributed by atoms with Crippen molar-refractivity contribution in [2.75, 3.05) is 19.1 Å². The van der Waals surface area contributed by atoms with Crippen molar-refractivity contribution >= 4 is 28.2 Å². The van der Waals surface area contributed by atoms with Crippen LogP contribution in [0.1, 0.15) is 22.3 Å². The predicted molar refractivity (Wildman–Crippen MR) is 153 cm³/mol. The summed E-state index contributed by atoms with van der Waals surface area (Å²) in [7, 11) is 3.26. The number of fused-ring (bicyclic) bond motifs is 3. The number of anilines is 2. The summed E-state index contributed by atoms with van der Waals surface area (Å²) in [5.41, 5.74) is 2.60. The van der Waals surface area contributed by atoms with Crippen molar-refractivity contribution in [1.29, 1.82) is 0 Å². The lowest BCUT2D eigenvalue weighted by Gasteiger charge is -2.47. The minimum atomic E-state index is -4.44. The van der Waals surface area contributed by atoms with Crippen molar-refractivity contribution in [2.24, 2.45) is 0 Å². The zero-order chi connectivity index (χ0) is 27.9. The molecule has 0 fully saturated rings. The molecule has 5 aromatic carbocycles. The molecule has 6 heteroatoms. The summed E-state index contributed by atoms with van der Waals surface area (Å²) in [6, 6.07) is 33.0. The summed E-state index contributed by atoms with van der Waals surface area (Å²) in [6.45, 7) is 0. The Labute approximate surface area is 230 Å². The number of hydrogen-bond donors (Lipinski definition) is 0. The average Bonchev–Trinajstić information content (AvgIpc) is 3.00. The van der Waals surface area contributed by atoms with Crippen LogP contribution >= 0.6 is 0 Å². The number of methoxy groups -OCH3 is 2. The Bertz CT molecular complexity index is 1710. The van der Waals surface area contributed by atoms with Gasteiger partial charge in [-0.3, -0.25) is 0 Å². The average molecular weight is 538 g/mol. The van der Waals surface area contributed by atoms with Gasteiger partial charge in [0.2, 0.25) is 0 Å². The Hall–Kier alpha value is -4.71. The molecule has 5 aromatic rings. The monoisotopic (exact) mass is 537 g/mol. The highest BCUT2D eigenvalue weighted by Gasteiger charge is 2.44. The second-order valence-electron chi connectivity index (χ2n) is 9.63. The first kappa shape index (κ1) is 25.6. The van der Waals surface area contributed by atoms with Crippen LogP contribution in [0.25, 0.3) is 16.8 Å². The van der Waals surface area contributed by atoms with E-state index in [-0.39, 0.29) is 0 Å². The van der Waals surface area contributed by atoms with Crippen LogP contribution in [-0.4, -0.2) is 14.2 Å². The van der Waals surface area contributed by atoms with Crippen molar-refractivity contribution in [1.82, 2.24) is 0 Å². The van der Waals surface area contributed by atoms with Gasteiger partial charge >= 0.3 is 6.18 Å². The van der Waals surface area contributed by atoms with Crippen LogP contribution in [0.5, 0.6) is 11.5 Å². The lowest BCUT2D eigenvalue weighted by molar-refractivity contribution is -0.137. The normalized spacial score (nSPS) is 16.6. The van der Waals surface area contributed by atoms with E-state index in [1.807, 2.05) is 84.9 Å². The van der Waals surface area contributed by atoms with Crippen molar-refractivity contribution in [3.63, 3.8) is 0 Å². The summed E-state index contributed by atoms with van der Waals surface area (Å²) in [5.74, 6) is 1.42. The molecule has 0 amide bonds. The Balaban J connectivity index is 1.70. The maximum atomic E-state index is 13.6. The number of benzene rings is 5. The standard InChI is InChI=1S/C34H26F3NO2/c1-39-27-17-18-28-23(22-27)12-19-31-29(28)20-21-33(24-8-4-3-5-9-24,30-10-6-7-11-32(30)40-2)38(31)26-15-13-25(14-16-26)34(35,36)37/h3-22H,1-2H3. The topological polar surface area (TPSA) is 21.7 Å². The Morgan fingerprint density at radius 3 is 2.15 bits per heavy atom. The van der Waals surface area contributed by atoms with Crippen LogP contribution in [0.3, 0.4) is 0 Å². The van der Waals surface area contributed by atoms with Gasteiger partial charge in [0.05, 0.1) is 25.5 Å². The van der Waals surface area contributed by atoms with Crippen LogP contribution in [-0.2, 0) is 11.7 Å². The molecule has 0 N–H and O–H groups in total. The summed E-state index contributed by atoms with van der Waals surface area (Å²) in [6.07, 6.45) is -0.222. The van der Waals surface area contributed by atoms with Gasteiger partial charge in [-0.05, 0) is 70.9 Å². The first-order valence-corrected chi connectivity index (χ1v) is 12.8. The molecular formula is C34H26F3NO2. The number of rotatable bonds is 5. The minimum absolute atomic E-state index is 0.612. The third kappa shape index (κ3) is 4.08. The lowest BCUT2D eigenvalue weighted by atomic mass is 9.76. The van der Waals surface area contributed by atoms with Gasteiger partial charge in [-0.2, -0.15) is 13.2 Å². The first-order valence-electron chi connectivity index (χ1n) is 12.8. The number of ether oxygens (including phenoxy) is 2. The summed E-state index contributed by atoms with van der Waals surface area (Å²) in [5, 5.41) is 2.01. The van der Waals surface area contributed by atoms with E-state index in [9.17, 15) is 13.2 Å². The molecule has 200 valence electrons. The number of nitrogens with zero attached hydrogens (tertiary/aromatic N) is 1. The molecule has 1 aliphatic rings. The zero-order valence-corrected chi connectivity index (χ0v) is 21.9. The molecule has 0 saturated heterocycles. The highest BCUT2D eigenvalue weighted by Crippen LogP contribution is 2.53. The third-order valence-electron chi connectivity index (χ3n) is 7.51. The molecule has 0 aromatic heterocycles. The van der Waals surface area contributed by atoms with E-state index in [1.165, 1.54) is 12.1 Å². The lowest BCUT2D eigenvalue weighted by Crippen LogP contribution is -2.45. The maximum Gasteiger partial charge on any atom is 0.416 e. The fraction of sp³-hybridized carbons (Fsp3) is 0.118. The first-order chi connectivity index (χ1) is 19.4. The summed E-state index contributed by atoms with van der Waals surface area (Å²) >= 11 is 0. The van der Waals surface area contributed by atoms with Gasteiger partial charge in [0.1, 0.15) is 17.0 Å². The van der Waals surface area contributed by atoms with Crippen LogP contribution in [0.2, 0.25) is 0 Å². The van der Waals surface area contributed by atoms with Gasteiger partial charge in [0, 0.05) is 16.8 Å². The second-order valence-corrected chi connectivity index (χ2v) is 9.63. The van der Waals surface area contributed by atoms with Gasteiger partial charge < -0.3 is 14.4 Å². The number of halogens is 3. The highest BCUT2D eigenvalue weighted by atomic mass is 19.4. The molecule has 0 bridgehead atoms. The molecule has 6 rings (SSSR count). The number of hydrogen-bond acceptors (Lipinski definition) is 3. The van der Waals surface area contributed by atoms with Crippen LogP contribution in [0.4, 0.5) is 24.5 Å². The quantitative estimate of drug-likeness (QED) is 0.223. The van der Waals surface area contributed by atoms with Crippen LogP contribution in [0, 0.1) is 0 Å². The van der Waals surface area contributed by atoms with E-state index < -0.39 is 17.3 Å². The Morgan fingerprint density at radius 2 is 1.45 bits per heavy atom. The number of para-hydroxylation sites is 1. The zero-order valence-electron chi connectivity index (χ0n) is 21.9. The van der Waals surface area contributed by atoms with Crippen molar-refractivity contribution < 1.29 is 22.6 Å². The Morgan fingerprint density at radius 1 is 0.725 bits per heavy atom. The van der Waals surface area contributed by atoms with Gasteiger partial charge in [0.15, 0.2) is 0 Å². The fourth-order valence-corrected chi connectivity index (χ4v) is 5.67. The van der Waals surface area contributed by atoms with E-state index in [1.54, 1.807) is 14.2 Å². The molecule has 1 unspecified atom stereocenters. The molecule has 0 radical (unpaired) electrons. The van der Waals surface area contributed by atoms with Gasteiger partial charge in [0.25, 0.3) is 0 Å². The van der Waals surface area contributed by atoms with E-state index in [0.29, 0.717) is 11.4 Å². The van der Waals surface area contributed by atoms with Gasteiger partial charge in [-0.15, -0.1) is 0 Å². The highest BCUT2D eigenvalue weighted by molar-refractivity contribution is 6.00. The van der Waals surface area contributed by atoms with Crippen molar-refractivity contribution in [3.05, 3.63) is 138 Å². The summed E-state index contributed by atoms with van der Waals surface area (Å²) < 4.78 is 52.0. The molecular weight excluding hydrogens is 511 g/mol. The van der Waals surface area contributed by atoms with Gasteiger partial charge in [-0.1, -0.05) is 66.7 Å². The van der Waals surface area contributed by atoms with E-state index in [4.69, 9.17) is 9.47 Å². The molecule has 1 heterocycles. The largest absolute Gasteiger partial charge is 0.497 e. The van der Waals surface area contributed by atoms with Crippen molar-refractivity contribution in [3.8, 4) is 11.5 Å². The SMILES string of the molecule is COc1ccc2c3c(ccc2c1)N(c1ccc(C(F)(F)F)cc1)C(c1ccccc1)(c1ccccc1OC)C=C3. The molecule has 0 spiro atoms. The van der Waals surface area contributed by atoms with E-state index in [0.717, 1.165) is 51.0 Å². The molecule has 3 nitrogen and oxygen atoms in total. The maximum absolute atomic E-state index is 13.6. The fourth-order valence-electron chi connectivity index (χ4n) is 5.67. The van der Waals surface area contributed by atoms with Crippen molar-refractivity contribution in [2.45, 2.75) is 11.7 Å².